The maximum atomic E-state index is 12.8. The Bertz CT molecular complexity index is 1010. The lowest BCUT2D eigenvalue weighted by Crippen LogP contribution is -2.44. The van der Waals surface area contributed by atoms with Crippen molar-refractivity contribution in [3.05, 3.63) is 53.8 Å². The number of rotatable bonds is 6. The smallest absolute Gasteiger partial charge is 0.256 e. The normalized spacial score (nSPS) is 21.5. The van der Waals surface area contributed by atoms with E-state index in [9.17, 15) is 13.2 Å². The first-order chi connectivity index (χ1) is 14.9. The van der Waals surface area contributed by atoms with E-state index in [1.54, 1.807) is 30.4 Å². The molecule has 166 valence electrons. The first kappa shape index (κ1) is 21.5. The average molecular weight is 447 g/mol. The molecule has 1 N–H and O–H groups in total. The SMILES string of the molecule is COc1ccc([C@@H](CNC(=O)C2=CN3CCS(=O)(=O)N=C3C=C2)N2CCOCC2)cc1. The van der Waals surface area contributed by atoms with Gasteiger partial charge in [-0.25, -0.2) is 8.42 Å². The van der Waals surface area contributed by atoms with E-state index in [1.807, 2.05) is 24.3 Å². The summed E-state index contributed by atoms with van der Waals surface area (Å²) in [5.74, 6) is 0.849. The zero-order valence-electron chi connectivity index (χ0n) is 17.4. The summed E-state index contributed by atoms with van der Waals surface area (Å²) in [7, 11) is -1.79. The molecule has 3 aliphatic heterocycles. The van der Waals surface area contributed by atoms with Crippen molar-refractivity contribution >= 4 is 21.8 Å². The van der Waals surface area contributed by atoms with Gasteiger partial charge >= 0.3 is 0 Å². The molecule has 1 atom stereocenters. The second-order valence-electron chi connectivity index (χ2n) is 7.49. The molecule has 0 radical (unpaired) electrons. The van der Waals surface area contributed by atoms with Crippen LogP contribution in [-0.4, -0.2) is 82.2 Å². The third-order valence-corrected chi connectivity index (χ3v) is 6.69. The van der Waals surface area contributed by atoms with Gasteiger partial charge in [-0.1, -0.05) is 12.1 Å². The molecule has 10 heteroatoms. The van der Waals surface area contributed by atoms with Gasteiger partial charge in [0.1, 0.15) is 11.6 Å². The van der Waals surface area contributed by atoms with Gasteiger partial charge in [0.15, 0.2) is 0 Å². The summed E-state index contributed by atoms with van der Waals surface area (Å²) in [5, 5.41) is 3.03. The number of morpholine rings is 1. The monoisotopic (exact) mass is 446 g/mol. The van der Waals surface area contributed by atoms with Crippen LogP contribution in [0, 0.1) is 0 Å². The van der Waals surface area contributed by atoms with Crippen LogP contribution in [0.4, 0.5) is 0 Å². The van der Waals surface area contributed by atoms with Gasteiger partial charge in [0.2, 0.25) is 0 Å². The number of carbonyl (C=O) groups is 1. The van der Waals surface area contributed by atoms with E-state index < -0.39 is 10.0 Å². The highest BCUT2D eigenvalue weighted by Crippen LogP contribution is 2.24. The number of amidine groups is 1. The molecular formula is C21H26N4O5S. The third-order valence-electron chi connectivity index (χ3n) is 5.53. The van der Waals surface area contributed by atoms with Crippen LogP contribution in [0.15, 0.2) is 52.6 Å². The van der Waals surface area contributed by atoms with E-state index in [2.05, 4.69) is 14.6 Å². The standard InChI is InChI=1S/C21H26N4O5S/c1-29-18-5-2-16(3-6-18)19(24-8-11-30-12-9-24)14-22-21(26)17-4-7-20-23-31(27,28)13-10-25(20)15-17/h2-7,15,19H,8-14H2,1H3,(H,22,26)/t19-/m1/s1. The van der Waals surface area contributed by atoms with Crippen LogP contribution in [0.1, 0.15) is 11.6 Å². The number of benzene rings is 1. The first-order valence-electron chi connectivity index (χ1n) is 10.2. The Hall–Kier alpha value is -2.69. The molecule has 4 rings (SSSR count). The molecule has 0 saturated carbocycles. The van der Waals surface area contributed by atoms with Crippen molar-refractivity contribution in [2.45, 2.75) is 6.04 Å². The Morgan fingerprint density at radius 3 is 2.65 bits per heavy atom. The van der Waals surface area contributed by atoms with Crippen LogP contribution >= 0.6 is 0 Å². The van der Waals surface area contributed by atoms with Crippen molar-refractivity contribution in [2.75, 3.05) is 52.3 Å². The molecule has 1 aromatic rings. The molecule has 9 nitrogen and oxygen atoms in total. The molecule has 31 heavy (non-hydrogen) atoms. The molecule has 3 aliphatic rings. The zero-order chi connectivity index (χ0) is 21.8. The summed E-state index contributed by atoms with van der Waals surface area (Å²) in [6.07, 6.45) is 4.82. The number of sulfonamides is 1. The van der Waals surface area contributed by atoms with E-state index in [0.717, 1.165) is 24.4 Å². The molecule has 0 spiro atoms. The molecule has 0 aliphatic carbocycles. The summed E-state index contributed by atoms with van der Waals surface area (Å²) < 4.78 is 37.8. The Morgan fingerprint density at radius 1 is 1.19 bits per heavy atom. The van der Waals surface area contributed by atoms with Gasteiger partial charge in [-0.05, 0) is 29.8 Å². The second-order valence-corrected chi connectivity index (χ2v) is 9.25. The molecule has 3 heterocycles. The van der Waals surface area contributed by atoms with Gasteiger partial charge in [0, 0.05) is 32.4 Å². The number of nitrogens with zero attached hydrogens (tertiary/aromatic N) is 3. The van der Waals surface area contributed by atoms with Crippen LogP contribution in [0.25, 0.3) is 0 Å². The number of nitrogens with one attached hydrogen (secondary N) is 1. The number of fused-ring (bicyclic) bond motifs is 1. The van der Waals surface area contributed by atoms with Gasteiger partial charge < -0.3 is 19.7 Å². The van der Waals surface area contributed by atoms with Crippen LogP contribution in [0.5, 0.6) is 5.75 Å². The Balaban J connectivity index is 1.46. The van der Waals surface area contributed by atoms with Crippen molar-refractivity contribution in [3.63, 3.8) is 0 Å². The lowest BCUT2D eigenvalue weighted by molar-refractivity contribution is -0.117. The molecule has 1 aromatic carbocycles. The predicted octanol–water partition coefficient (Wildman–Crippen LogP) is 0.682. The number of hydrogen-bond donors (Lipinski definition) is 1. The molecule has 1 fully saturated rings. The summed E-state index contributed by atoms with van der Waals surface area (Å²) in [6.45, 7) is 3.62. The largest absolute Gasteiger partial charge is 0.497 e. The second kappa shape index (κ2) is 9.21. The highest BCUT2D eigenvalue weighted by molar-refractivity contribution is 7.90. The van der Waals surface area contributed by atoms with Gasteiger partial charge in [-0.2, -0.15) is 0 Å². The molecule has 0 aromatic heterocycles. The van der Waals surface area contributed by atoms with Crippen LogP contribution in [0.3, 0.4) is 0 Å². The average Bonchev–Trinajstić information content (AvgIpc) is 2.79. The quantitative estimate of drug-likeness (QED) is 0.686. The lowest BCUT2D eigenvalue weighted by atomic mass is 10.0. The summed E-state index contributed by atoms with van der Waals surface area (Å²) >= 11 is 0. The van der Waals surface area contributed by atoms with E-state index in [4.69, 9.17) is 9.47 Å². The van der Waals surface area contributed by atoms with E-state index >= 15 is 0 Å². The van der Waals surface area contributed by atoms with Crippen molar-refractivity contribution in [2.24, 2.45) is 4.40 Å². The Morgan fingerprint density at radius 2 is 1.94 bits per heavy atom. The summed E-state index contributed by atoms with van der Waals surface area (Å²) in [5.41, 5.74) is 1.56. The van der Waals surface area contributed by atoms with E-state index in [0.29, 0.717) is 31.2 Å². The zero-order valence-corrected chi connectivity index (χ0v) is 18.2. The van der Waals surface area contributed by atoms with Gasteiger partial charge in [-0.15, -0.1) is 4.40 Å². The first-order valence-corrected chi connectivity index (χ1v) is 11.8. The fourth-order valence-electron chi connectivity index (χ4n) is 3.80. The minimum Gasteiger partial charge on any atom is -0.497 e. The van der Waals surface area contributed by atoms with Crippen molar-refractivity contribution in [3.8, 4) is 5.75 Å². The number of ether oxygens (including phenoxy) is 2. The fourth-order valence-corrected chi connectivity index (χ4v) is 4.77. The van der Waals surface area contributed by atoms with E-state index in [1.165, 1.54) is 0 Å². The molecule has 0 bridgehead atoms. The fraction of sp³-hybridized carbons (Fsp3) is 0.429. The Labute approximate surface area is 182 Å². The molecule has 1 amide bonds. The topological polar surface area (TPSA) is 101 Å². The summed E-state index contributed by atoms with van der Waals surface area (Å²) in [4.78, 5) is 16.8. The van der Waals surface area contributed by atoms with Gasteiger partial charge in [0.25, 0.3) is 15.9 Å². The predicted molar refractivity (Wildman–Crippen MR) is 116 cm³/mol. The van der Waals surface area contributed by atoms with Gasteiger partial charge in [0.05, 0.1) is 37.7 Å². The summed E-state index contributed by atoms with van der Waals surface area (Å²) in [6, 6.07) is 7.87. The van der Waals surface area contributed by atoms with Crippen LogP contribution in [-0.2, 0) is 19.6 Å². The highest BCUT2D eigenvalue weighted by atomic mass is 32.2. The lowest BCUT2D eigenvalue weighted by Gasteiger charge is -2.35. The van der Waals surface area contributed by atoms with E-state index in [-0.39, 0.29) is 24.2 Å². The third kappa shape index (κ3) is 5.15. The molecule has 0 unspecified atom stereocenters. The maximum Gasteiger partial charge on any atom is 0.256 e. The number of amides is 1. The number of carbonyl (C=O) groups excluding carboxylic acids is 1. The molecular weight excluding hydrogens is 420 g/mol. The van der Waals surface area contributed by atoms with Crippen LogP contribution in [0.2, 0.25) is 0 Å². The minimum atomic E-state index is -3.42. The maximum absolute atomic E-state index is 12.8. The minimum absolute atomic E-state index is 0.00387. The van der Waals surface area contributed by atoms with Crippen molar-refractivity contribution < 1.29 is 22.7 Å². The van der Waals surface area contributed by atoms with Crippen molar-refractivity contribution in [1.29, 1.82) is 0 Å². The Kier molecular flexibility index (Phi) is 6.40. The van der Waals surface area contributed by atoms with Crippen LogP contribution < -0.4 is 10.1 Å². The molecule has 1 saturated heterocycles. The van der Waals surface area contributed by atoms with Gasteiger partial charge in [-0.3, -0.25) is 9.69 Å². The van der Waals surface area contributed by atoms with Crippen molar-refractivity contribution in [1.82, 2.24) is 15.1 Å². The number of hydrogen-bond acceptors (Lipinski definition) is 7. The number of methoxy groups -OCH3 is 1. The highest BCUT2D eigenvalue weighted by Gasteiger charge is 2.27.